The lowest BCUT2D eigenvalue weighted by Gasteiger charge is -2.06. The highest BCUT2D eigenvalue weighted by Gasteiger charge is 2.10. The van der Waals surface area contributed by atoms with E-state index in [9.17, 15) is 0 Å². The van der Waals surface area contributed by atoms with Gasteiger partial charge in [-0.05, 0) is 19.5 Å². The molecule has 2 nitrogen and oxygen atoms in total. The van der Waals surface area contributed by atoms with E-state index in [0.717, 1.165) is 19.1 Å². The van der Waals surface area contributed by atoms with Crippen molar-refractivity contribution in [1.29, 1.82) is 0 Å². The molecule has 2 N–H and O–H groups in total. The highest BCUT2D eigenvalue weighted by Crippen LogP contribution is 1.94. The van der Waals surface area contributed by atoms with Gasteiger partial charge in [0.05, 0.1) is 0 Å². The van der Waals surface area contributed by atoms with Gasteiger partial charge in [0.15, 0.2) is 0 Å². The second kappa shape index (κ2) is 7.03. The van der Waals surface area contributed by atoms with Crippen molar-refractivity contribution >= 4 is 0 Å². The molecular formula is C8H20N2. The zero-order valence-corrected chi connectivity index (χ0v) is 7.41. The fourth-order valence-corrected chi connectivity index (χ4v) is 1.12. The number of nitrogens with one attached hydrogen (secondary N) is 2. The second-order valence-electron chi connectivity index (χ2n) is 2.25. The van der Waals surface area contributed by atoms with E-state index < -0.39 is 0 Å². The first-order chi connectivity index (χ1) is 4.93. The van der Waals surface area contributed by atoms with E-state index in [1.54, 1.807) is 0 Å². The van der Waals surface area contributed by atoms with Crippen molar-refractivity contribution in [3.63, 3.8) is 0 Å². The first-order valence-electron chi connectivity index (χ1n) is 4.37. The first-order valence-corrected chi connectivity index (χ1v) is 4.37. The van der Waals surface area contributed by atoms with Crippen molar-refractivity contribution in [3.05, 3.63) is 0 Å². The summed E-state index contributed by atoms with van der Waals surface area (Å²) in [6.45, 7) is 9.61. The first kappa shape index (κ1) is 9.92. The van der Waals surface area contributed by atoms with Crippen molar-refractivity contribution in [3.8, 4) is 0 Å². The van der Waals surface area contributed by atoms with Crippen LogP contribution in [0, 0.1) is 0 Å². The highest BCUT2D eigenvalue weighted by molar-refractivity contribution is 4.76. The summed E-state index contributed by atoms with van der Waals surface area (Å²) in [5.41, 5.74) is 0. The molecule has 1 atom stereocenters. The summed E-state index contributed by atoms with van der Waals surface area (Å²) in [4.78, 5) is 0. The Labute approximate surface area is 64.4 Å². The van der Waals surface area contributed by atoms with E-state index >= 15 is 0 Å². The van der Waals surface area contributed by atoms with Gasteiger partial charge >= 0.3 is 0 Å². The van der Waals surface area contributed by atoms with Crippen LogP contribution in [0.1, 0.15) is 27.2 Å². The maximum Gasteiger partial charge on any atom is 0.0204 e. The summed E-state index contributed by atoms with van der Waals surface area (Å²) in [6, 6.07) is 0.750. The average Bonchev–Trinajstić information content (AvgIpc) is 2.46. The minimum absolute atomic E-state index is 0.750. The van der Waals surface area contributed by atoms with Crippen molar-refractivity contribution < 1.29 is 0 Å². The third kappa shape index (κ3) is 3.85. The van der Waals surface area contributed by atoms with Crippen LogP contribution >= 0.6 is 0 Å². The van der Waals surface area contributed by atoms with Gasteiger partial charge in [-0.3, -0.25) is 0 Å². The SMILES string of the molecule is CC.CCNC1CCNC1. The number of rotatable bonds is 2. The predicted octanol–water partition coefficient (Wildman–Crippen LogP) is 0.984. The molecular weight excluding hydrogens is 124 g/mol. The van der Waals surface area contributed by atoms with E-state index in [2.05, 4.69) is 17.6 Å². The Morgan fingerprint density at radius 2 is 2.20 bits per heavy atom. The van der Waals surface area contributed by atoms with Gasteiger partial charge in [-0.2, -0.15) is 0 Å². The molecule has 10 heavy (non-hydrogen) atoms. The fraction of sp³-hybridized carbons (Fsp3) is 1.00. The van der Waals surface area contributed by atoms with E-state index in [0.29, 0.717) is 0 Å². The Balaban J connectivity index is 0.000000371. The lowest BCUT2D eigenvalue weighted by atomic mass is 10.3. The molecule has 0 amide bonds. The van der Waals surface area contributed by atoms with Crippen molar-refractivity contribution in [2.45, 2.75) is 33.2 Å². The van der Waals surface area contributed by atoms with Gasteiger partial charge in [-0.1, -0.05) is 20.8 Å². The van der Waals surface area contributed by atoms with Gasteiger partial charge in [0.1, 0.15) is 0 Å². The van der Waals surface area contributed by atoms with E-state index in [1.165, 1.54) is 13.0 Å². The molecule has 0 aromatic heterocycles. The van der Waals surface area contributed by atoms with Gasteiger partial charge in [-0.15, -0.1) is 0 Å². The van der Waals surface area contributed by atoms with Gasteiger partial charge in [-0.25, -0.2) is 0 Å². The van der Waals surface area contributed by atoms with Crippen LogP contribution in [-0.4, -0.2) is 25.7 Å². The van der Waals surface area contributed by atoms with E-state index in [1.807, 2.05) is 13.8 Å². The molecule has 1 unspecified atom stereocenters. The topological polar surface area (TPSA) is 24.1 Å². The molecule has 1 heterocycles. The van der Waals surface area contributed by atoms with Gasteiger partial charge in [0.25, 0.3) is 0 Å². The van der Waals surface area contributed by atoms with Crippen LogP contribution in [0.5, 0.6) is 0 Å². The number of hydrogen-bond acceptors (Lipinski definition) is 2. The van der Waals surface area contributed by atoms with Crippen LogP contribution in [-0.2, 0) is 0 Å². The Morgan fingerprint density at radius 3 is 2.60 bits per heavy atom. The Hall–Kier alpha value is -0.0800. The van der Waals surface area contributed by atoms with Crippen LogP contribution in [0.3, 0.4) is 0 Å². The summed E-state index contributed by atoms with van der Waals surface area (Å²) in [5.74, 6) is 0. The summed E-state index contributed by atoms with van der Waals surface area (Å²) >= 11 is 0. The van der Waals surface area contributed by atoms with Crippen molar-refractivity contribution in [1.82, 2.24) is 10.6 Å². The monoisotopic (exact) mass is 144 g/mol. The number of hydrogen-bond donors (Lipinski definition) is 2. The lowest BCUT2D eigenvalue weighted by Crippen LogP contribution is -2.30. The summed E-state index contributed by atoms with van der Waals surface area (Å²) in [6.07, 6.45) is 1.30. The molecule has 1 aliphatic rings. The van der Waals surface area contributed by atoms with Crippen LogP contribution in [0.2, 0.25) is 0 Å². The Bertz CT molecular complexity index is 58.3. The minimum atomic E-state index is 0.750. The Kier molecular flexibility index (Phi) is 6.98. The van der Waals surface area contributed by atoms with E-state index in [-0.39, 0.29) is 0 Å². The van der Waals surface area contributed by atoms with Crippen molar-refractivity contribution in [2.24, 2.45) is 0 Å². The molecule has 2 heteroatoms. The quantitative estimate of drug-likeness (QED) is 0.604. The minimum Gasteiger partial charge on any atom is -0.315 e. The molecule has 1 aliphatic heterocycles. The molecule has 0 bridgehead atoms. The van der Waals surface area contributed by atoms with Crippen LogP contribution in [0.4, 0.5) is 0 Å². The molecule has 0 aliphatic carbocycles. The highest BCUT2D eigenvalue weighted by atomic mass is 15.0. The average molecular weight is 144 g/mol. The van der Waals surface area contributed by atoms with Gasteiger partial charge in [0, 0.05) is 12.6 Å². The zero-order valence-electron chi connectivity index (χ0n) is 7.41. The molecule has 1 rings (SSSR count). The third-order valence-corrected chi connectivity index (χ3v) is 1.55. The molecule has 62 valence electrons. The zero-order chi connectivity index (χ0) is 7.82. The molecule has 0 saturated carbocycles. The molecule has 0 radical (unpaired) electrons. The second-order valence-corrected chi connectivity index (χ2v) is 2.25. The standard InChI is InChI=1S/C6H14N2.C2H6/c1-2-8-6-3-4-7-5-6;1-2/h6-8H,2-5H2,1H3;1-2H3. The molecule has 0 aromatic rings. The van der Waals surface area contributed by atoms with Gasteiger partial charge in [0.2, 0.25) is 0 Å². The Morgan fingerprint density at radius 1 is 1.50 bits per heavy atom. The summed E-state index contributed by atoms with van der Waals surface area (Å²) in [7, 11) is 0. The smallest absolute Gasteiger partial charge is 0.0204 e. The fourth-order valence-electron chi connectivity index (χ4n) is 1.12. The lowest BCUT2D eigenvalue weighted by molar-refractivity contribution is 0.567. The maximum atomic E-state index is 3.38. The third-order valence-electron chi connectivity index (χ3n) is 1.55. The van der Waals surface area contributed by atoms with Crippen LogP contribution < -0.4 is 10.6 Å². The molecule has 0 spiro atoms. The van der Waals surface area contributed by atoms with Gasteiger partial charge < -0.3 is 10.6 Å². The molecule has 1 fully saturated rings. The summed E-state index contributed by atoms with van der Waals surface area (Å²) < 4.78 is 0. The van der Waals surface area contributed by atoms with E-state index in [4.69, 9.17) is 0 Å². The van der Waals surface area contributed by atoms with Crippen LogP contribution in [0.25, 0.3) is 0 Å². The normalized spacial score (nSPS) is 23.7. The van der Waals surface area contributed by atoms with Crippen LogP contribution in [0.15, 0.2) is 0 Å². The van der Waals surface area contributed by atoms with Crippen molar-refractivity contribution in [2.75, 3.05) is 19.6 Å². The molecule has 1 saturated heterocycles. The predicted molar refractivity (Wildman–Crippen MR) is 46.3 cm³/mol. The number of likely N-dealkylation sites (N-methyl/N-ethyl adjacent to an activating group) is 1. The molecule has 0 aromatic carbocycles. The maximum absolute atomic E-state index is 3.38. The largest absolute Gasteiger partial charge is 0.315 e. The summed E-state index contributed by atoms with van der Waals surface area (Å²) in [5, 5.41) is 6.68.